The second kappa shape index (κ2) is 11.7. The number of benzene rings is 2. The third-order valence-electron chi connectivity index (χ3n) is 6.37. The van der Waals surface area contributed by atoms with Gasteiger partial charge in [-0.2, -0.15) is 0 Å². The summed E-state index contributed by atoms with van der Waals surface area (Å²) in [5.41, 5.74) is 2.88. The van der Waals surface area contributed by atoms with E-state index in [-0.39, 0.29) is 23.9 Å². The van der Waals surface area contributed by atoms with Gasteiger partial charge >= 0.3 is 6.03 Å². The van der Waals surface area contributed by atoms with Gasteiger partial charge in [0.05, 0.1) is 0 Å². The first-order valence-electron chi connectivity index (χ1n) is 12.7. The summed E-state index contributed by atoms with van der Waals surface area (Å²) in [5, 5.41) is 11.5. The SMILES string of the molecule is CCCCC(NC(=O)c1ccc(NC(=O)NC2CC2)cc1)C(=O)Nc1cccc(N2CCCC2)c1. The third-order valence-corrected chi connectivity index (χ3v) is 6.37. The minimum absolute atomic E-state index is 0.222. The number of hydrogen-bond donors (Lipinski definition) is 4. The lowest BCUT2D eigenvalue weighted by atomic mass is 10.1. The monoisotopic (exact) mass is 477 g/mol. The molecule has 0 bridgehead atoms. The van der Waals surface area contributed by atoms with Gasteiger partial charge in [0.2, 0.25) is 5.91 Å². The highest BCUT2D eigenvalue weighted by molar-refractivity contribution is 6.01. The zero-order valence-corrected chi connectivity index (χ0v) is 20.3. The van der Waals surface area contributed by atoms with Crippen molar-refractivity contribution in [3.05, 3.63) is 54.1 Å². The Morgan fingerprint density at radius 1 is 0.971 bits per heavy atom. The predicted molar refractivity (Wildman–Crippen MR) is 139 cm³/mol. The second-order valence-electron chi connectivity index (χ2n) is 9.35. The van der Waals surface area contributed by atoms with Crippen molar-refractivity contribution in [3.8, 4) is 0 Å². The predicted octanol–water partition coefficient (Wildman–Crippen LogP) is 4.50. The van der Waals surface area contributed by atoms with Gasteiger partial charge in [-0.15, -0.1) is 0 Å². The number of nitrogens with zero attached hydrogens (tertiary/aromatic N) is 1. The molecular formula is C27H35N5O3. The van der Waals surface area contributed by atoms with Gasteiger partial charge in [0.15, 0.2) is 0 Å². The largest absolute Gasteiger partial charge is 0.371 e. The Hall–Kier alpha value is -3.55. The van der Waals surface area contributed by atoms with Crippen LogP contribution in [0.25, 0.3) is 0 Å². The van der Waals surface area contributed by atoms with Gasteiger partial charge in [0.25, 0.3) is 5.91 Å². The Labute approximate surface area is 206 Å². The van der Waals surface area contributed by atoms with Crippen molar-refractivity contribution in [1.29, 1.82) is 0 Å². The molecule has 1 aliphatic heterocycles. The summed E-state index contributed by atoms with van der Waals surface area (Å²) in [4.78, 5) is 40.2. The van der Waals surface area contributed by atoms with E-state index in [9.17, 15) is 14.4 Å². The van der Waals surface area contributed by atoms with E-state index in [4.69, 9.17) is 0 Å². The third kappa shape index (κ3) is 7.21. The average molecular weight is 478 g/mol. The number of unbranched alkanes of at least 4 members (excludes halogenated alkanes) is 1. The molecule has 2 fully saturated rings. The molecule has 1 saturated carbocycles. The van der Waals surface area contributed by atoms with Crippen LogP contribution >= 0.6 is 0 Å². The quantitative estimate of drug-likeness (QED) is 0.405. The lowest BCUT2D eigenvalue weighted by Crippen LogP contribution is -2.43. The number of rotatable bonds is 10. The highest BCUT2D eigenvalue weighted by Gasteiger charge is 2.24. The van der Waals surface area contributed by atoms with Crippen molar-refractivity contribution in [2.75, 3.05) is 28.6 Å². The van der Waals surface area contributed by atoms with Crippen LogP contribution in [0.1, 0.15) is 62.2 Å². The first kappa shape index (κ1) is 24.6. The Morgan fingerprint density at radius 2 is 1.71 bits per heavy atom. The molecule has 0 spiro atoms. The molecule has 1 unspecified atom stereocenters. The van der Waals surface area contributed by atoms with Gasteiger partial charge < -0.3 is 26.2 Å². The maximum absolute atomic E-state index is 13.1. The van der Waals surface area contributed by atoms with Crippen LogP contribution in [0.3, 0.4) is 0 Å². The Morgan fingerprint density at radius 3 is 2.40 bits per heavy atom. The lowest BCUT2D eigenvalue weighted by molar-refractivity contribution is -0.118. The molecule has 0 radical (unpaired) electrons. The molecule has 0 aromatic heterocycles. The minimum atomic E-state index is -0.639. The van der Waals surface area contributed by atoms with E-state index in [0.717, 1.165) is 50.1 Å². The topological polar surface area (TPSA) is 103 Å². The second-order valence-corrected chi connectivity index (χ2v) is 9.35. The number of carbonyl (C=O) groups is 3. The zero-order chi connectivity index (χ0) is 24.6. The van der Waals surface area contributed by atoms with Gasteiger partial charge in [-0.05, 0) is 74.6 Å². The molecule has 1 aliphatic carbocycles. The van der Waals surface area contributed by atoms with Gasteiger partial charge in [-0.3, -0.25) is 9.59 Å². The smallest absolute Gasteiger partial charge is 0.319 e. The van der Waals surface area contributed by atoms with E-state index < -0.39 is 6.04 Å². The van der Waals surface area contributed by atoms with E-state index in [1.807, 2.05) is 18.2 Å². The molecule has 2 aromatic carbocycles. The molecule has 1 heterocycles. The molecule has 4 amide bonds. The van der Waals surface area contributed by atoms with Crippen LogP contribution in [0.4, 0.5) is 21.9 Å². The molecule has 2 aromatic rings. The van der Waals surface area contributed by atoms with E-state index >= 15 is 0 Å². The minimum Gasteiger partial charge on any atom is -0.371 e. The highest BCUT2D eigenvalue weighted by atomic mass is 16.2. The fourth-order valence-corrected chi connectivity index (χ4v) is 4.19. The van der Waals surface area contributed by atoms with Crippen molar-refractivity contribution >= 4 is 34.9 Å². The maximum Gasteiger partial charge on any atom is 0.319 e. The van der Waals surface area contributed by atoms with Crippen molar-refractivity contribution in [2.45, 2.75) is 64.0 Å². The van der Waals surface area contributed by atoms with Crippen molar-refractivity contribution in [1.82, 2.24) is 10.6 Å². The highest BCUT2D eigenvalue weighted by Crippen LogP contribution is 2.24. The summed E-state index contributed by atoms with van der Waals surface area (Å²) in [6.07, 6.45) is 6.71. The summed E-state index contributed by atoms with van der Waals surface area (Å²) < 4.78 is 0. The molecule has 2 aliphatic rings. The first-order chi connectivity index (χ1) is 17.0. The zero-order valence-electron chi connectivity index (χ0n) is 20.3. The normalized spacial score (nSPS) is 15.9. The van der Waals surface area contributed by atoms with E-state index in [1.54, 1.807) is 24.3 Å². The molecule has 8 heteroatoms. The molecule has 4 N–H and O–H groups in total. The van der Waals surface area contributed by atoms with Gasteiger partial charge in [-0.25, -0.2) is 4.79 Å². The molecular weight excluding hydrogens is 442 g/mol. The molecule has 8 nitrogen and oxygen atoms in total. The number of nitrogens with one attached hydrogen (secondary N) is 4. The summed E-state index contributed by atoms with van der Waals surface area (Å²) in [6, 6.07) is 13.9. The summed E-state index contributed by atoms with van der Waals surface area (Å²) in [7, 11) is 0. The molecule has 1 saturated heterocycles. The fraction of sp³-hybridized carbons (Fsp3) is 0.444. The fourth-order valence-electron chi connectivity index (χ4n) is 4.19. The number of hydrogen-bond acceptors (Lipinski definition) is 4. The van der Waals surface area contributed by atoms with Crippen LogP contribution in [0, 0.1) is 0 Å². The maximum atomic E-state index is 13.1. The number of urea groups is 1. The van der Waals surface area contributed by atoms with Gasteiger partial charge in [0.1, 0.15) is 6.04 Å². The van der Waals surface area contributed by atoms with Crippen molar-refractivity contribution in [3.63, 3.8) is 0 Å². The average Bonchev–Trinajstić information content (AvgIpc) is 3.49. The summed E-state index contributed by atoms with van der Waals surface area (Å²) in [6.45, 7) is 4.12. The van der Waals surface area contributed by atoms with Gasteiger partial charge in [0, 0.05) is 41.8 Å². The molecule has 4 rings (SSSR count). The van der Waals surface area contributed by atoms with E-state index in [2.05, 4.69) is 39.2 Å². The van der Waals surface area contributed by atoms with E-state index in [1.165, 1.54) is 12.8 Å². The van der Waals surface area contributed by atoms with Crippen LogP contribution in [-0.2, 0) is 4.79 Å². The Kier molecular flexibility index (Phi) is 8.23. The Balaban J connectivity index is 1.36. The summed E-state index contributed by atoms with van der Waals surface area (Å²) >= 11 is 0. The van der Waals surface area contributed by atoms with Crippen LogP contribution in [0.2, 0.25) is 0 Å². The molecule has 1 atom stereocenters. The van der Waals surface area contributed by atoms with Crippen molar-refractivity contribution in [2.24, 2.45) is 0 Å². The van der Waals surface area contributed by atoms with Crippen molar-refractivity contribution < 1.29 is 14.4 Å². The van der Waals surface area contributed by atoms with Gasteiger partial charge in [-0.1, -0.05) is 25.8 Å². The lowest BCUT2D eigenvalue weighted by Gasteiger charge is -2.21. The van der Waals surface area contributed by atoms with Crippen LogP contribution in [0.15, 0.2) is 48.5 Å². The number of amides is 4. The van der Waals surface area contributed by atoms with Crippen LogP contribution in [-0.4, -0.2) is 43.0 Å². The van der Waals surface area contributed by atoms with Crippen LogP contribution < -0.4 is 26.2 Å². The first-order valence-corrected chi connectivity index (χ1v) is 12.7. The number of anilines is 3. The Bertz CT molecular complexity index is 1030. The summed E-state index contributed by atoms with van der Waals surface area (Å²) in [5.74, 6) is -0.540. The standard InChI is InChI=1S/C27H35N5O3/c1-2-3-9-24(26(34)28-22-7-6-8-23(18-22)32-16-4-5-17-32)31-25(33)19-10-12-20(13-11-19)29-27(35)30-21-14-15-21/h6-8,10-13,18,21,24H,2-5,9,14-17H2,1H3,(H,28,34)(H,31,33)(H2,29,30,35). The molecule has 35 heavy (non-hydrogen) atoms. The molecule has 186 valence electrons. The number of carbonyl (C=O) groups excluding carboxylic acids is 3. The van der Waals surface area contributed by atoms with Crippen LogP contribution in [0.5, 0.6) is 0 Å². The van der Waals surface area contributed by atoms with E-state index in [0.29, 0.717) is 17.7 Å².